The second kappa shape index (κ2) is 7.46. The van der Waals surface area contributed by atoms with Crippen molar-refractivity contribution in [1.82, 2.24) is 10.2 Å². The Hall–Kier alpha value is -1.86. The van der Waals surface area contributed by atoms with Crippen molar-refractivity contribution >= 4 is 5.91 Å². The molecule has 1 aromatic carbocycles. The largest absolute Gasteiger partial charge is 0.354 e. The predicted molar refractivity (Wildman–Crippen MR) is 70.8 cm³/mol. The molecule has 1 atom stereocenters. The van der Waals surface area contributed by atoms with Gasteiger partial charge in [-0.05, 0) is 26.1 Å². The van der Waals surface area contributed by atoms with Gasteiger partial charge in [0.05, 0.1) is 6.07 Å². The lowest BCUT2D eigenvalue weighted by molar-refractivity contribution is -0.123. The van der Waals surface area contributed by atoms with E-state index < -0.39 is 5.92 Å². The molecule has 0 heterocycles. The first-order chi connectivity index (χ1) is 8.63. The number of nitrogens with zero attached hydrogens (tertiary/aromatic N) is 2. The Morgan fingerprint density at radius 3 is 2.61 bits per heavy atom. The van der Waals surface area contributed by atoms with Crippen molar-refractivity contribution in [3.63, 3.8) is 0 Å². The highest BCUT2D eigenvalue weighted by Crippen LogP contribution is 2.08. The highest BCUT2D eigenvalue weighted by atomic mass is 16.1. The van der Waals surface area contributed by atoms with E-state index in [0.717, 1.165) is 12.1 Å². The van der Waals surface area contributed by atoms with Gasteiger partial charge >= 0.3 is 0 Å². The maximum absolute atomic E-state index is 11.8. The Balaban J connectivity index is 2.46. The highest BCUT2D eigenvalue weighted by molar-refractivity contribution is 5.81. The van der Waals surface area contributed by atoms with E-state index in [1.165, 1.54) is 0 Å². The topological polar surface area (TPSA) is 56.1 Å². The number of hydrogen-bond acceptors (Lipinski definition) is 3. The summed E-state index contributed by atoms with van der Waals surface area (Å²) >= 11 is 0. The number of nitrogens with one attached hydrogen (secondary N) is 1. The average Bonchev–Trinajstić information content (AvgIpc) is 2.36. The van der Waals surface area contributed by atoms with Gasteiger partial charge in [0, 0.05) is 13.1 Å². The number of carbonyl (C=O) groups excluding carboxylic acids is 1. The summed E-state index contributed by atoms with van der Waals surface area (Å²) in [5.41, 5.74) is 1.01. The van der Waals surface area contributed by atoms with Crippen molar-refractivity contribution in [2.24, 2.45) is 5.92 Å². The quantitative estimate of drug-likeness (QED) is 0.815. The molecule has 0 aliphatic carbocycles. The SMILES string of the molecule is CN(C)CCNC(=O)C(C#N)Cc1ccccc1. The van der Waals surface area contributed by atoms with Crippen molar-refractivity contribution in [3.8, 4) is 6.07 Å². The van der Waals surface area contributed by atoms with E-state index in [4.69, 9.17) is 5.26 Å². The molecule has 0 saturated carbocycles. The van der Waals surface area contributed by atoms with Gasteiger partial charge in [-0.3, -0.25) is 4.79 Å². The summed E-state index contributed by atoms with van der Waals surface area (Å²) in [5, 5.41) is 11.8. The first kappa shape index (κ1) is 14.2. The van der Waals surface area contributed by atoms with E-state index in [1.807, 2.05) is 49.3 Å². The Labute approximate surface area is 108 Å². The number of nitriles is 1. The van der Waals surface area contributed by atoms with Gasteiger partial charge < -0.3 is 10.2 Å². The number of carbonyl (C=O) groups is 1. The van der Waals surface area contributed by atoms with Crippen molar-refractivity contribution in [1.29, 1.82) is 5.26 Å². The molecular formula is C14H19N3O. The molecule has 18 heavy (non-hydrogen) atoms. The molecule has 0 aliphatic rings. The first-order valence-electron chi connectivity index (χ1n) is 5.99. The van der Waals surface area contributed by atoms with Crippen LogP contribution in [0.5, 0.6) is 0 Å². The van der Waals surface area contributed by atoms with E-state index >= 15 is 0 Å². The maximum atomic E-state index is 11.8. The van der Waals surface area contributed by atoms with E-state index in [9.17, 15) is 4.79 Å². The lowest BCUT2D eigenvalue weighted by Crippen LogP contribution is -2.35. The molecule has 1 unspecified atom stereocenters. The van der Waals surface area contributed by atoms with Crippen LogP contribution in [0.1, 0.15) is 5.56 Å². The number of amides is 1. The molecule has 96 valence electrons. The molecule has 0 fully saturated rings. The van der Waals surface area contributed by atoms with Crippen molar-refractivity contribution in [3.05, 3.63) is 35.9 Å². The normalized spacial score (nSPS) is 11.9. The van der Waals surface area contributed by atoms with E-state index in [1.54, 1.807) is 0 Å². The van der Waals surface area contributed by atoms with Gasteiger partial charge in [-0.15, -0.1) is 0 Å². The molecule has 0 aliphatic heterocycles. The Bertz CT molecular complexity index is 409. The number of rotatable bonds is 6. The number of benzene rings is 1. The second-order valence-electron chi connectivity index (χ2n) is 4.47. The minimum Gasteiger partial charge on any atom is -0.354 e. The van der Waals surface area contributed by atoms with Crippen molar-refractivity contribution < 1.29 is 4.79 Å². The van der Waals surface area contributed by atoms with Gasteiger partial charge in [0.25, 0.3) is 0 Å². The van der Waals surface area contributed by atoms with Gasteiger partial charge in [-0.25, -0.2) is 0 Å². The van der Waals surface area contributed by atoms with Crippen LogP contribution in [0.3, 0.4) is 0 Å². The summed E-state index contributed by atoms with van der Waals surface area (Å²) < 4.78 is 0. The van der Waals surface area contributed by atoms with Crippen LogP contribution in [0.15, 0.2) is 30.3 Å². The number of likely N-dealkylation sites (N-methyl/N-ethyl adjacent to an activating group) is 1. The standard InChI is InChI=1S/C14H19N3O/c1-17(2)9-8-16-14(18)13(11-15)10-12-6-4-3-5-7-12/h3-7,13H,8-10H2,1-2H3,(H,16,18). The molecule has 1 N–H and O–H groups in total. The van der Waals surface area contributed by atoms with Crippen LogP contribution >= 0.6 is 0 Å². The summed E-state index contributed by atoms with van der Waals surface area (Å²) in [6, 6.07) is 11.7. The predicted octanol–water partition coefficient (Wildman–Crippen LogP) is 1.05. The molecule has 1 amide bonds. The molecule has 0 spiro atoms. The lowest BCUT2D eigenvalue weighted by atomic mass is 10.00. The molecule has 4 nitrogen and oxygen atoms in total. The zero-order valence-corrected chi connectivity index (χ0v) is 10.9. The van der Waals surface area contributed by atoms with Crippen LogP contribution in [0.4, 0.5) is 0 Å². The van der Waals surface area contributed by atoms with Gasteiger partial charge in [0.2, 0.25) is 5.91 Å². The summed E-state index contributed by atoms with van der Waals surface area (Å²) in [7, 11) is 3.88. The van der Waals surface area contributed by atoms with E-state index in [2.05, 4.69) is 11.4 Å². The summed E-state index contributed by atoms with van der Waals surface area (Å²) in [6.07, 6.45) is 0.463. The fourth-order valence-electron chi connectivity index (χ4n) is 1.57. The van der Waals surface area contributed by atoms with Gasteiger partial charge in [-0.2, -0.15) is 5.26 Å². The zero-order chi connectivity index (χ0) is 13.4. The third kappa shape index (κ3) is 4.98. The summed E-state index contributed by atoms with van der Waals surface area (Å²) in [6.45, 7) is 1.34. The molecule has 0 bridgehead atoms. The van der Waals surface area contributed by atoms with Crippen LogP contribution in [0.2, 0.25) is 0 Å². The monoisotopic (exact) mass is 245 g/mol. The third-order valence-corrected chi connectivity index (χ3v) is 2.61. The molecule has 0 radical (unpaired) electrons. The van der Waals surface area contributed by atoms with Crippen LogP contribution in [-0.4, -0.2) is 38.0 Å². The third-order valence-electron chi connectivity index (χ3n) is 2.61. The molecular weight excluding hydrogens is 226 g/mol. The molecule has 4 heteroatoms. The molecule has 1 rings (SSSR count). The fraction of sp³-hybridized carbons (Fsp3) is 0.429. The smallest absolute Gasteiger partial charge is 0.237 e. The molecule has 1 aromatic rings. The Kier molecular flexibility index (Phi) is 5.89. The van der Waals surface area contributed by atoms with Crippen LogP contribution < -0.4 is 5.32 Å². The minimum atomic E-state index is -0.616. The van der Waals surface area contributed by atoms with E-state index in [-0.39, 0.29) is 5.91 Å². The maximum Gasteiger partial charge on any atom is 0.237 e. The Morgan fingerprint density at radius 2 is 2.06 bits per heavy atom. The van der Waals surface area contributed by atoms with E-state index in [0.29, 0.717) is 13.0 Å². The lowest BCUT2D eigenvalue weighted by Gasteiger charge is -2.13. The summed E-state index contributed by atoms with van der Waals surface area (Å²) in [4.78, 5) is 13.8. The van der Waals surface area contributed by atoms with Gasteiger partial charge in [0.15, 0.2) is 0 Å². The first-order valence-corrected chi connectivity index (χ1v) is 5.99. The number of hydrogen-bond donors (Lipinski definition) is 1. The molecule has 0 aromatic heterocycles. The molecule has 0 saturated heterocycles. The highest BCUT2D eigenvalue weighted by Gasteiger charge is 2.17. The second-order valence-corrected chi connectivity index (χ2v) is 4.47. The minimum absolute atomic E-state index is 0.191. The van der Waals surface area contributed by atoms with Crippen LogP contribution in [0.25, 0.3) is 0 Å². The fourth-order valence-corrected chi connectivity index (χ4v) is 1.57. The average molecular weight is 245 g/mol. The van der Waals surface area contributed by atoms with Crippen LogP contribution in [-0.2, 0) is 11.2 Å². The van der Waals surface area contributed by atoms with Crippen molar-refractivity contribution in [2.45, 2.75) is 6.42 Å². The zero-order valence-electron chi connectivity index (χ0n) is 10.9. The Morgan fingerprint density at radius 1 is 1.39 bits per heavy atom. The van der Waals surface area contributed by atoms with Crippen LogP contribution in [0, 0.1) is 17.2 Å². The summed E-state index contributed by atoms with van der Waals surface area (Å²) in [5.74, 6) is -0.808. The van der Waals surface area contributed by atoms with Crippen molar-refractivity contribution in [2.75, 3.05) is 27.2 Å². The van der Waals surface area contributed by atoms with Gasteiger partial charge in [0.1, 0.15) is 5.92 Å². The van der Waals surface area contributed by atoms with Gasteiger partial charge in [-0.1, -0.05) is 30.3 Å².